The van der Waals surface area contributed by atoms with Crippen molar-refractivity contribution in [1.29, 1.82) is 0 Å². The second-order valence-electron chi connectivity index (χ2n) is 13.6. The standard InChI is InChI=1S/C10H22.C6H14.C5H12.C4H10.C3H8/c1-7-10(5,6)8-9(2,3)4;1-5-6(2,3)4;1-5(2,3)4;1-4(2)3;1-3-2/h7-8H2,1-6H3;5H2,1-4H3;1-4H3;4H,1-3H3;3H2,1-2H3. The fraction of sp³-hybridized carbons (Fsp3) is 1.00. The molecule has 0 saturated carbocycles. The lowest BCUT2D eigenvalue weighted by atomic mass is 9.75. The van der Waals surface area contributed by atoms with Crippen LogP contribution < -0.4 is 0 Å². The lowest BCUT2D eigenvalue weighted by Crippen LogP contribution is -2.19. The molecule has 0 radical (unpaired) electrons. The summed E-state index contributed by atoms with van der Waals surface area (Å²) in [5, 5.41) is 0. The van der Waals surface area contributed by atoms with Crippen molar-refractivity contribution in [1.82, 2.24) is 0 Å². The van der Waals surface area contributed by atoms with E-state index in [-0.39, 0.29) is 0 Å². The molecule has 178 valence electrons. The number of hydrogen-bond donors (Lipinski definition) is 0. The molecular weight excluding hydrogens is 336 g/mol. The summed E-state index contributed by atoms with van der Waals surface area (Å²) < 4.78 is 0. The van der Waals surface area contributed by atoms with Crippen LogP contribution in [-0.4, -0.2) is 0 Å². The van der Waals surface area contributed by atoms with E-state index in [4.69, 9.17) is 0 Å². The minimum Gasteiger partial charge on any atom is -0.0656 e. The van der Waals surface area contributed by atoms with Crippen molar-refractivity contribution in [2.45, 2.75) is 157 Å². The Balaban J connectivity index is -0.0000000848. The average Bonchev–Trinajstić information content (AvgIpc) is 2.34. The molecule has 0 N–H and O–H groups in total. The third-order valence-electron chi connectivity index (χ3n) is 3.03. The third-order valence-corrected chi connectivity index (χ3v) is 3.03. The zero-order valence-corrected chi connectivity index (χ0v) is 24.4. The summed E-state index contributed by atoms with van der Waals surface area (Å²) in [5.74, 6) is 0.833. The van der Waals surface area contributed by atoms with Gasteiger partial charge in [0.05, 0.1) is 0 Å². The quantitative estimate of drug-likeness (QED) is 0.430. The van der Waals surface area contributed by atoms with Crippen molar-refractivity contribution in [2.24, 2.45) is 27.6 Å². The van der Waals surface area contributed by atoms with Crippen LogP contribution in [0, 0.1) is 27.6 Å². The van der Waals surface area contributed by atoms with Gasteiger partial charge in [0, 0.05) is 0 Å². The van der Waals surface area contributed by atoms with Gasteiger partial charge in [-0.25, -0.2) is 0 Å². The molecule has 0 aliphatic heterocycles. The number of rotatable bonds is 2. The van der Waals surface area contributed by atoms with Crippen LogP contribution in [0.3, 0.4) is 0 Å². The highest BCUT2D eigenvalue weighted by atomic mass is 14.3. The van der Waals surface area contributed by atoms with Gasteiger partial charge < -0.3 is 0 Å². The second-order valence-corrected chi connectivity index (χ2v) is 13.6. The van der Waals surface area contributed by atoms with Gasteiger partial charge in [-0.1, -0.05) is 151 Å². The lowest BCUT2D eigenvalue weighted by Gasteiger charge is -2.31. The first-order valence-corrected chi connectivity index (χ1v) is 12.0. The first-order chi connectivity index (χ1) is 12.0. The van der Waals surface area contributed by atoms with Gasteiger partial charge in [0.15, 0.2) is 0 Å². The predicted molar refractivity (Wildman–Crippen MR) is 139 cm³/mol. The van der Waals surface area contributed by atoms with E-state index in [2.05, 4.69) is 132 Å². The Morgan fingerprint density at radius 2 is 0.679 bits per heavy atom. The average molecular weight is 403 g/mol. The van der Waals surface area contributed by atoms with Gasteiger partial charge in [-0.15, -0.1) is 0 Å². The molecule has 0 heterocycles. The summed E-state index contributed by atoms with van der Waals surface area (Å²) in [5.41, 5.74) is 2.05. The van der Waals surface area contributed by atoms with E-state index < -0.39 is 0 Å². The summed E-state index contributed by atoms with van der Waals surface area (Å²) in [4.78, 5) is 0. The number of hydrogen-bond acceptors (Lipinski definition) is 0. The van der Waals surface area contributed by atoms with Gasteiger partial charge in [0.1, 0.15) is 0 Å². The van der Waals surface area contributed by atoms with Gasteiger partial charge >= 0.3 is 0 Å². The summed E-state index contributed by atoms with van der Waals surface area (Å²) in [6, 6.07) is 0. The topological polar surface area (TPSA) is 0 Å². The van der Waals surface area contributed by atoms with Crippen LogP contribution in [0.5, 0.6) is 0 Å². The molecule has 0 bridgehead atoms. The monoisotopic (exact) mass is 403 g/mol. The molecular formula is C28H66. The summed E-state index contributed by atoms with van der Waals surface area (Å²) >= 11 is 0. The zero-order valence-electron chi connectivity index (χ0n) is 24.4. The first-order valence-electron chi connectivity index (χ1n) is 12.0. The van der Waals surface area contributed by atoms with Crippen LogP contribution in [0.1, 0.15) is 157 Å². The fourth-order valence-corrected chi connectivity index (χ4v) is 1.56. The van der Waals surface area contributed by atoms with Gasteiger partial charge in [-0.05, 0) is 34.0 Å². The van der Waals surface area contributed by atoms with Gasteiger partial charge in [-0.2, -0.15) is 0 Å². The molecule has 0 aliphatic rings. The highest BCUT2D eigenvalue weighted by molar-refractivity contribution is 4.74. The molecule has 0 amide bonds. The molecule has 0 aromatic carbocycles. The Hall–Kier alpha value is 0. The van der Waals surface area contributed by atoms with Crippen LogP contribution in [-0.2, 0) is 0 Å². The Bertz CT molecular complexity index is 264. The summed E-state index contributed by atoms with van der Waals surface area (Å²) in [6.07, 6.45) is 5.12. The highest BCUT2D eigenvalue weighted by Gasteiger charge is 2.23. The van der Waals surface area contributed by atoms with Crippen molar-refractivity contribution >= 4 is 0 Å². The van der Waals surface area contributed by atoms with E-state index in [1.165, 1.54) is 25.7 Å². The van der Waals surface area contributed by atoms with Crippen molar-refractivity contribution < 1.29 is 0 Å². The molecule has 0 fully saturated rings. The van der Waals surface area contributed by atoms with Gasteiger partial charge in [0.25, 0.3) is 0 Å². The van der Waals surface area contributed by atoms with Crippen LogP contribution in [0.4, 0.5) is 0 Å². The highest BCUT2D eigenvalue weighted by Crippen LogP contribution is 2.35. The Labute approximate surface area is 185 Å². The molecule has 0 saturated heterocycles. The largest absolute Gasteiger partial charge is 0.0656 e. The zero-order chi connectivity index (χ0) is 24.4. The Morgan fingerprint density at radius 1 is 0.500 bits per heavy atom. The maximum Gasteiger partial charge on any atom is -0.0352 e. The van der Waals surface area contributed by atoms with Crippen LogP contribution in [0.25, 0.3) is 0 Å². The van der Waals surface area contributed by atoms with Crippen LogP contribution in [0.15, 0.2) is 0 Å². The van der Waals surface area contributed by atoms with Crippen molar-refractivity contribution in [3.05, 3.63) is 0 Å². The maximum atomic E-state index is 2.35. The minimum atomic E-state index is 0.486. The summed E-state index contributed by atoms with van der Waals surface area (Å²) in [6.45, 7) is 42.3. The van der Waals surface area contributed by atoms with E-state index in [1.54, 1.807) is 0 Å². The molecule has 0 unspecified atom stereocenters. The molecule has 0 nitrogen and oxygen atoms in total. The lowest BCUT2D eigenvalue weighted by molar-refractivity contribution is 0.206. The molecule has 28 heavy (non-hydrogen) atoms. The molecule has 0 aromatic heterocycles. The minimum absolute atomic E-state index is 0.486. The molecule has 0 spiro atoms. The van der Waals surface area contributed by atoms with Gasteiger partial charge in [-0.3, -0.25) is 0 Å². The van der Waals surface area contributed by atoms with Crippen molar-refractivity contribution in [3.63, 3.8) is 0 Å². The van der Waals surface area contributed by atoms with Crippen molar-refractivity contribution in [3.8, 4) is 0 Å². The van der Waals surface area contributed by atoms with Gasteiger partial charge in [0.2, 0.25) is 0 Å². The van der Waals surface area contributed by atoms with Crippen LogP contribution in [0.2, 0.25) is 0 Å². The van der Waals surface area contributed by atoms with E-state index in [1.807, 2.05) is 0 Å². The predicted octanol–water partition coefficient (Wildman–Crippen LogP) is 11.4. The van der Waals surface area contributed by atoms with E-state index >= 15 is 0 Å². The molecule has 0 aliphatic carbocycles. The fourth-order valence-electron chi connectivity index (χ4n) is 1.56. The molecule has 0 atom stereocenters. The summed E-state index contributed by atoms with van der Waals surface area (Å²) in [7, 11) is 0. The normalized spacial score (nSPS) is 11.6. The van der Waals surface area contributed by atoms with Crippen LogP contribution >= 0.6 is 0 Å². The molecule has 0 rings (SSSR count). The SMILES string of the molecule is CC(C)(C)C.CC(C)C.CCC.CCC(C)(C)C.CCC(C)(C)CC(C)(C)C. The molecule has 0 heteroatoms. The van der Waals surface area contributed by atoms with Crippen molar-refractivity contribution in [2.75, 3.05) is 0 Å². The molecule has 0 aromatic rings. The first kappa shape index (κ1) is 38.6. The van der Waals surface area contributed by atoms with E-state index in [9.17, 15) is 0 Å². The third kappa shape index (κ3) is 113. The van der Waals surface area contributed by atoms with E-state index in [0.717, 1.165) is 5.92 Å². The Morgan fingerprint density at radius 3 is 0.714 bits per heavy atom. The second kappa shape index (κ2) is 19.0. The maximum absolute atomic E-state index is 2.35. The Kier molecular flexibility index (Phi) is 26.2. The smallest absolute Gasteiger partial charge is 0.0352 e. The van der Waals surface area contributed by atoms with E-state index in [0.29, 0.717) is 21.7 Å².